The first-order valence-electron chi connectivity index (χ1n) is 11.5. The molecular weight excluding hydrogens is 426 g/mol. The largest absolute Gasteiger partial charge is 0.496 e. The average molecular weight is 454 g/mol. The van der Waals surface area contributed by atoms with Crippen molar-refractivity contribution in [3.8, 4) is 28.3 Å². The number of piperidine rings is 1. The van der Waals surface area contributed by atoms with Crippen molar-refractivity contribution in [3.63, 3.8) is 0 Å². The predicted molar refractivity (Wildman–Crippen MR) is 131 cm³/mol. The number of nitrogens with zero attached hydrogens (tertiary/aromatic N) is 5. The second-order valence-electron chi connectivity index (χ2n) is 8.57. The Kier molecular flexibility index (Phi) is 6.08. The number of ether oxygens (including phenoxy) is 1. The van der Waals surface area contributed by atoms with Gasteiger partial charge in [-0.05, 0) is 49.2 Å². The Hall–Kier alpha value is -4.00. The molecule has 4 aromatic rings. The van der Waals surface area contributed by atoms with Gasteiger partial charge in [0.1, 0.15) is 5.75 Å². The number of para-hydroxylation sites is 1. The van der Waals surface area contributed by atoms with Crippen molar-refractivity contribution in [2.75, 3.05) is 20.2 Å². The van der Waals surface area contributed by atoms with E-state index < -0.39 is 0 Å². The molecule has 0 bridgehead atoms. The Morgan fingerprint density at radius 2 is 1.97 bits per heavy atom. The lowest BCUT2D eigenvalue weighted by Crippen LogP contribution is -2.39. The van der Waals surface area contributed by atoms with Gasteiger partial charge in [-0.15, -0.1) is 0 Å². The molecule has 1 amide bonds. The summed E-state index contributed by atoms with van der Waals surface area (Å²) < 4.78 is 7.25. The van der Waals surface area contributed by atoms with Gasteiger partial charge >= 0.3 is 0 Å². The van der Waals surface area contributed by atoms with Crippen LogP contribution in [0.3, 0.4) is 0 Å². The first-order valence-corrected chi connectivity index (χ1v) is 11.5. The standard InChI is InChI=1S/C27H27N5O2/c1-31-17-21(16-29-31)25-15-19(12-13-28-25)27(33)32-14-6-7-20(18-32)23-9-5-10-24(30-23)22-8-3-4-11-26(22)34-2/h3-5,8-13,15-17,20H,6-7,14,18H2,1-2H3. The van der Waals surface area contributed by atoms with Crippen LogP contribution in [0.4, 0.5) is 0 Å². The second-order valence-corrected chi connectivity index (χ2v) is 8.57. The number of aromatic nitrogens is 4. The van der Waals surface area contributed by atoms with E-state index in [0.29, 0.717) is 12.1 Å². The van der Waals surface area contributed by atoms with Gasteiger partial charge in [-0.3, -0.25) is 19.4 Å². The van der Waals surface area contributed by atoms with E-state index in [1.165, 1.54) is 0 Å². The van der Waals surface area contributed by atoms with Crippen LogP contribution in [0.25, 0.3) is 22.5 Å². The van der Waals surface area contributed by atoms with Crippen molar-refractivity contribution >= 4 is 5.91 Å². The fraction of sp³-hybridized carbons (Fsp3) is 0.259. The number of amides is 1. The normalized spacial score (nSPS) is 15.8. The van der Waals surface area contributed by atoms with Gasteiger partial charge in [0.15, 0.2) is 0 Å². The van der Waals surface area contributed by atoms with Gasteiger partial charge < -0.3 is 9.64 Å². The highest BCUT2D eigenvalue weighted by atomic mass is 16.5. The summed E-state index contributed by atoms with van der Waals surface area (Å²) in [6.07, 6.45) is 7.29. The molecule has 0 saturated carbocycles. The molecule has 172 valence electrons. The van der Waals surface area contributed by atoms with Gasteiger partial charge in [0.2, 0.25) is 0 Å². The Bertz CT molecular complexity index is 1320. The van der Waals surface area contributed by atoms with E-state index in [-0.39, 0.29) is 11.8 Å². The van der Waals surface area contributed by atoms with E-state index in [1.54, 1.807) is 30.3 Å². The summed E-state index contributed by atoms with van der Waals surface area (Å²) in [5.41, 5.74) is 5.14. The molecule has 1 aromatic carbocycles. The highest BCUT2D eigenvalue weighted by Gasteiger charge is 2.27. The molecule has 1 atom stereocenters. The van der Waals surface area contributed by atoms with Crippen molar-refractivity contribution in [1.29, 1.82) is 0 Å². The highest BCUT2D eigenvalue weighted by molar-refractivity contribution is 5.95. The van der Waals surface area contributed by atoms with Gasteiger partial charge in [0.25, 0.3) is 5.91 Å². The molecule has 1 aliphatic heterocycles. The van der Waals surface area contributed by atoms with E-state index in [9.17, 15) is 4.79 Å². The molecule has 3 aromatic heterocycles. The number of pyridine rings is 2. The molecule has 0 spiro atoms. The molecular formula is C27H27N5O2. The maximum Gasteiger partial charge on any atom is 0.254 e. The van der Waals surface area contributed by atoms with Gasteiger partial charge in [-0.25, -0.2) is 0 Å². The molecule has 1 aliphatic rings. The Morgan fingerprint density at radius 3 is 2.79 bits per heavy atom. The van der Waals surface area contributed by atoms with Gasteiger partial charge in [0.05, 0.1) is 24.7 Å². The molecule has 0 N–H and O–H groups in total. The lowest BCUT2D eigenvalue weighted by atomic mass is 9.93. The minimum Gasteiger partial charge on any atom is -0.496 e. The molecule has 7 nitrogen and oxygen atoms in total. The topological polar surface area (TPSA) is 73.1 Å². The fourth-order valence-electron chi connectivity index (χ4n) is 4.55. The van der Waals surface area contributed by atoms with Crippen LogP contribution in [-0.4, -0.2) is 50.8 Å². The molecule has 7 heteroatoms. The van der Waals surface area contributed by atoms with Crippen LogP contribution >= 0.6 is 0 Å². The summed E-state index contributed by atoms with van der Waals surface area (Å²) in [5.74, 6) is 1.01. The summed E-state index contributed by atoms with van der Waals surface area (Å²) >= 11 is 0. The molecule has 34 heavy (non-hydrogen) atoms. The van der Waals surface area contributed by atoms with Crippen molar-refractivity contribution in [3.05, 3.63) is 84.4 Å². The summed E-state index contributed by atoms with van der Waals surface area (Å²) in [6, 6.07) is 17.6. The minimum absolute atomic E-state index is 0.0260. The smallest absolute Gasteiger partial charge is 0.254 e. The summed E-state index contributed by atoms with van der Waals surface area (Å²) in [7, 11) is 3.54. The zero-order valence-corrected chi connectivity index (χ0v) is 19.4. The summed E-state index contributed by atoms with van der Waals surface area (Å²) in [6.45, 7) is 1.39. The maximum atomic E-state index is 13.4. The molecule has 1 fully saturated rings. The molecule has 1 unspecified atom stereocenters. The van der Waals surface area contributed by atoms with E-state index in [1.807, 2.05) is 60.6 Å². The monoisotopic (exact) mass is 453 g/mol. The third-order valence-corrected chi connectivity index (χ3v) is 6.29. The van der Waals surface area contributed by atoms with Crippen LogP contribution in [0.15, 0.2) is 73.2 Å². The van der Waals surface area contributed by atoms with E-state index in [0.717, 1.165) is 53.3 Å². The van der Waals surface area contributed by atoms with E-state index in [4.69, 9.17) is 9.72 Å². The third-order valence-electron chi connectivity index (χ3n) is 6.29. The van der Waals surface area contributed by atoms with Crippen molar-refractivity contribution in [1.82, 2.24) is 24.6 Å². The first kappa shape index (κ1) is 21.8. The number of rotatable bonds is 5. The molecule has 4 heterocycles. The Morgan fingerprint density at radius 1 is 1.09 bits per heavy atom. The Labute approximate surface area is 199 Å². The van der Waals surface area contributed by atoms with Crippen LogP contribution in [0, 0.1) is 0 Å². The number of benzene rings is 1. The van der Waals surface area contributed by atoms with E-state index >= 15 is 0 Å². The fourth-order valence-corrected chi connectivity index (χ4v) is 4.55. The number of carbonyl (C=O) groups is 1. The van der Waals surface area contributed by atoms with Crippen LogP contribution in [0.1, 0.15) is 34.8 Å². The van der Waals surface area contributed by atoms with Crippen molar-refractivity contribution in [2.24, 2.45) is 7.05 Å². The first-order chi connectivity index (χ1) is 16.6. The van der Waals surface area contributed by atoms with Gasteiger partial charge in [-0.1, -0.05) is 18.2 Å². The van der Waals surface area contributed by atoms with Crippen LogP contribution < -0.4 is 4.74 Å². The SMILES string of the molecule is COc1ccccc1-c1cccc(C2CCCN(C(=O)c3ccnc(-c4cnn(C)c4)c3)C2)n1. The number of likely N-dealkylation sites (tertiary alicyclic amines) is 1. The molecule has 0 radical (unpaired) electrons. The number of methoxy groups -OCH3 is 1. The number of hydrogen-bond donors (Lipinski definition) is 0. The average Bonchev–Trinajstić information content (AvgIpc) is 3.34. The zero-order valence-electron chi connectivity index (χ0n) is 19.4. The molecule has 1 saturated heterocycles. The molecule has 5 rings (SSSR count). The second kappa shape index (κ2) is 9.47. The number of hydrogen-bond acceptors (Lipinski definition) is 5. The highest BCUT2D eigenvalue weighted by Crippen LogP contribution is 2.32. The zero-order chi connectivity index (χ0) is 23.5. The summed E-state index contributed by atoms with van der Waals surface area (Å²) in [4.78, 5) is 24.7. The quantitative estimate of drug-likeness (QED) is 0.443. The minimum atomic E-state index is 0.0260. The van der Waals surface area contributed by atoms with Gasteiger partial charge in [0, 0.05) is 60.8 Å². The maximum absolute atomic E-state index is 13.4. The van der Waals surface area contributed by atoms with Gasteiger partial charge in [-0.2, -0.15) is 5.10 Å². The van der Waals surface area contributed by atoms with Crippen LogP contribution in [0.2, 0.25) is 0 Å². The summed E-state index contributed by atoms with van der Waals surface area (Å²) in [5, 5.41) is 4.21. The third kappa shape index (κ3) is 4.41. The Balaban J connectivity index is 1.36. The predicted octanol–water partition coefficient (Wildman–Crippen LogP) is 4.57. The lowest BCUT2D eigenvalue weighted by molar-refractivity contribution is 0.0706. The molecule has 0 aliphatic carbocycles. The van der Waals surface area contributed by atoms with Crippen LogP contribution in [0.5, 0.6) is 5.75 Å². The van der Waals surface area contributed by atoms with Crippen molar-refractivity contribution < 1.29 is 9.53 Å². The number of carbonyl (C=O) groups excluding carboxylic acids is 1. The lowest BCUT2D eigenvalue weighted by Gasteiger charge is -2.32. The van der Waals surface area contributed by atoms with Crippen LogP contribution in [-0.2, 0) is 7.05 Å². The van der Waals surface area contributed by atoms with E-state index in [2.05, 4.69) is 16.1 Å². The number of aryl methyl sites for hydroxylation is 1. The van der Waals surface area contributed by atoms with Crippen molar-refractivity contribution in [2.45, 2.75) is 18.8 Å².